The van der Waals surface area contributed by atoms with Gasteiger partial charge in [0.1, 0.15) is 5.82 Å². The van der Waals surface area contributed by atoms with Crippen molar-refractivity contribution in [1.29, 1.82) is 0 Å². The Balaban J connectivity index is 1.44. The van der Waals surface area contributed by atoms with E-state index in [1.807, 2.05) is 12.1 Å². The van der Waals surface area contributed by atoms with Crippen molar-refractivity contribution in [2.75, 3.05) is 32.7 Å². The van der Waals surface area contributed by atoms with Crippen LogP contribution in [-0.2, 0) is 16.6 Å². The molecule has 0 unspecified atom stereocenters. The maximum Gasteiger partial charge on any atom is 0.279 e. The first-order chi connectivity index (χ1) is 11.5. The van der Waals surface area contributed by atoms with E-state index in [1.165, 1.54) is 12.1 Å². The largest absolute Gasteiger partial charge is 0.300 e. The van der Waals surface area contributed by atoms with Gasteiger partial charge in [0.2, 0.25) is 0 Å². The van der Waals surface area contributed by atoms with E-state index in [4.69, 9.17) is 0 Å². The summed E-state index contributed by atoms with van der Waals surface area (Å²) in [6.45, 7) is 3.42. The fourth-order valence-electron chi connectivity index (χ4n) is 3.46. The quantitative estimate of drug-likeness (QED) is 0.846. The lowest BCUT2D eigenvalue weighted by molar-refractivity contribution is 0.188. The fourth-order valence-corrected chi connectivity index (χ4v) is 4.91. The lowest BCUT2D eigenvalue weighted by Gasteiger charge is -2.34. The summed E-state index contributed by atoms with van der Waals surface area (Å²) in [4.78, 5) is 2.27. The van der Waals surface area contributed by atoms with Crippen LogP contribution in [0, 0.1) is 5.82 Å². The highest BCUT2D eigenvalue weighted by Crippen LogP contribution is 2.19. The maximum absolute atomic E-state index is 12.9. The first kappa shape index (κ1) is 17.8. The van der Waals surface area contributed by atoms with E-state index in [-0.39, 0.29) is 11.9 Å². The van der Waals surface area contributed by atoms with Crippen molar-refractivity contribution in [1.82, 2.24) is 13.9 Å². The van der Waals surface area contributed by atoms with Crippen LogP contribution in [0.25, 0.3) is 0 Å². The van der Waals surface area contributed by atoms with Crippen molar-refractivity contribution in [2.45, 2.75) is 38.1 Å². The minimum atomic E-state index is -3.35. The van der Waals surface area contributed by atoms with Gasteiger partial charge in [-0.25, -0.2) is 4.39 Å². The van der Waals surface area contributed by atoms with Crippen molar-refractivity contribution < 1.29 is 12.8 Å². The van der Waals surface area contributed by atoms with Gasteiger partial charge in [0.25, 0.3) is 10.2 Å². The molecule has 1 saturated carbocycles. The van der Waals surface area contributed by atoms with Gasteiger partial charge in [0, 0.05) is 38.8 Å². The van der Waals surface area contributed by atoms with E-state index in [0.29, 0.717) is 13.1 Å². The highest BCUT2D eigenvalue weighted by atomic mass is 32.2. The molecular weight excluding hydrogens is 329 g/mol. The molecule has 1 heterocycles. The molecule has 1 aliphatic carbocycles. The van der Waals surface area contributed by atoms with Crippen molar-refractivity contribution in [3.63, 3.8) is 0 Å². The maximum atomic E-state index is 12.9. The molecule has 5 nitrogen and oxygen atoms in total. The van der Waals surface area contributed by atoms with Gasteiger partial charge in [0.15, 0.2) is 0 Å². The molecule has 1 N–H and O–H groups in total. The smallest absolute Gasteiger partial charge is 0.279 e. The van der Waals surface area contributed by atoms with Crippen LogP contribution in [-0.4, -0.2) is 56.4 Å². The van der Waals surface area contributed by atoms with E-state index in [1.54, 1.807) is 4.31 Å². The van der Waals surface area contributed by atoms with Crippen molar-refractivity contribution >= 4 is 10.2 Å². The fraction of sp³-hybridized carbons (Fsp3) is 0.647. The molecule has 0 amide bonds. The number of nitrogens with one attached hydrogen (secondary N) is 1. The van der Waals surface area contributed by atoms with Crippen LogP contribution in [0.4, 0.5) is 4.39 Å². The third-order valence-electron chi connectivity index (χ3n) is 4.97. The van der Waals surface area contributed by atoms with Crippen LogP contribution in [0.15, 0.2) is 24.3 Å². The van der Waals surface area contributed by atoms with Gasteiger partial charge >= 0.3 is 0 Å². The third-order valence-corrected chi connectivity index (χ3v) is 6.65. The van der Waals surface area contributed by atoms with Crippen molar-refractivity contribution in [3.05, 3.63) is 35.6 Å². The Hall–Kier alpha value is -1.02. The summed E-state index contributed by atoms with van der Waals surface area (Å²) < 4.78 is 42.2. The zero-order chi connectivity index (χ0) is 17.0. The van der Waals surface area contributed by atoms with Crippen molar-refractivity contribution in [3.8, 4) is 0 Å². The van der Waals surface area contributed by atoms with Gasteiger partial charge in [0.05, 0.1) is 0 Å². The Morgan fingerprint density at radius 2 is 1.67 bits per heavy atom. The summed E-state index contributed by atoms with van der Waals surface area (Å²) in [7, 11) is -3.35. The van der Waals surface area contributed by atoms with Crippen LogP contribution >= 0.6 is 0 Å². The Morgan fingerprint density at radius 3 is 2.29 bits per heavy atom. The van der Waals surface area contributed by atoms with Crippen LogP contribution in [0.5, 0.6) is 0 Å². The molecule has 7 heteroatoms. The summed E-state index contributed by atoms with van der Waals surface area (Å²) in [6.07, 6.45) is 5.00. The first-order valence-electron chi connectivity index (χ1n) is 8.77. The predicted molar refractivity (Wildman–Crippen MR) is 92.4 cm³/mol. The second kappa shape index (κ2) is 7.91. The average molecular weight is 355 g/mol. The summed E-state index contributed by atoms with van der Waals surface area (Å²) in [5, 5.41) is 0. The Morgan fingerprint density at radius 1 is 1.04 bits per heavy atom. The van der Waals surface area contributed by atoms with Crippen LogP contribution in [0.1, 0.15) is 31.2 Å². The Bertz CT molecular complexity index is 622. The molecule has 2 aliphatic rings. The van der Waals surface area contributed by atoms with Gasteiger partial charge in [-0.2, -0.15) is 17.4 Å². The minimum Gasteiger partial charge on any atom is -0.300 e. The van der Waals surface area contributed by atoms with E-state index >= 15 is 0 Å². The molecule has 134 valence electrons. The average Bonchev–Trinajstić information content (AvgIpc) is 3.07. The summed E-state index contributed by atoms with van der Waals surface area (Å²) in [6, 6.07) is 6.69. The summed E-state index contributed by atoms with van der Waals surface area (Å²) in [5.41, 5.74) is 1.11. The zero-order valence-electron chi connectivity index (χ0n) is 14.0. The van der Waals surface area contributed by atoms with Gasteiger partial charge in [-0.15, -0.1) is 0 Å². The van der Waals surface area contributed by atoms with E-state index < -0.39 is 10.2 Å². The molecule has 24 heavy (non-hydrogen) atoms. The molecule has 1 saturated heterocycles. The molecule has 3 rings (SSSR count). The van der Waals surface area contributed by atoms with Crippen LogP contribution in [0.2, 0.25) is 0 Å². The standard InChI is InChI=1S/C17H26FN3O2S/c18-16-7-5-15(6-8-16)9-10-20-11-13-21(14-12-20)24(22,23)19-17-3-1-2-4-17/h5-8,17,19H,1-4,9-14H2. The van der Waals surface area contributed by atoms with E-state index in [0.717, 1.165) is 57.3 Å². The number of piperazine rings is 1. The Labute approximate surface area is 144 Å². The second-order valence-corrected chi connectivity index (χ2v) is 8.42. The number of hydrogen-bond donors (Lipinski definition) is 1. The Kier molecular flexibility index (Phi) is 5.86. The molecule has 0 atom stereocenters. The lowest BCUT2D eigenvalue weighted by atomic mass is 10.1. The van der Waals surface area contributed by atoms with Crippen molar-refractivity contribution in [2.24, 2.45) is 0 Å². The monoisotopic (exact) mass is 355 g/mol. The summed E-state index contributed by atoms with van der Waals surface area (Å²) >= 11 is 0. The molecule has 1 aromatic rings. The predicted octanol–water partition coefficient (Wildman–Crippen LogP) is 1.76. The van der Waals surface area contributed by atoms with E-state index in [2.05, 4.69) is 9.62 Å². The molecule has 2 fully saturated rings. The van der Waals surface area contributed by atoms with Crippen LogP contribution in [0.3, 0.4) is 0 Å². The highest BCUT2D eigenvalue weighted by Gasteiger charge is 2.29. The van der Waals surface area contributed by atoms with Gasteiger partial charge in [-0.3, -0.25) is 0 Å². The highest BCUT2D eigenvalue weighted by molar-refractivity contribution is 7.87. The molecule has 0 aromatic heterocycles. The zero-order valence-corrected chi connectivity index (χ0v) is 14.8. The lowest BCUT2D eigenvalue weighted by Crippen LogP contribution is -2.53. The first-order valence-corrected chi connectivity index (χ1v) is 10.2. The molecule has 1 aliphatic heterocycles. The van der Waals surface area contributed by atoms with Gasteiger partial charge in [-0.1, -0.05) is 25.0 Å². The molecular formula is C17H26FN3O2S. The van der Waals surface area contributed by atoms with Gasteiger partial charge < -0.3 is 4.90 Å². The normalized spacial score (nSPS) is 21.4. The van der Waals surface area contributed by atoms with E-state index in [9.17, 15) is 12.8 Å². The minimum absolute atomic E-state index is 0.117. The number of halogens is 1. The molecule has 1 aromatic carbocycles. The number of benzene rings is 1. The van der Waals surface area contributed by atoms with Gasteiger partial charge in [-0.05, 0) is 37.0 Å². The van der Waals surface area contributed by atoms with Crippen LogP contribution < -0.4 is 4.72 Å². The third kappa shape index (κ3) is 4.75. The second-order valence-electron chi connectivity index (χ2n) is 6.72. The molecule has 0 bridgehead atoms. The molecule has 0 spiro atoms. The topological polar surface area (TPSA) is 52.7 Å². The number of nitrogens with zero attached hydrogens (tertiary/aromatic N) is 2. The number of rotatable bonds is 6. The molecule has 0 radical (unpaired) electrons. The SMILES string of the molecule is O=S(=O)(NC1CCCC1)N1CCN(CCc2ccc(F)cc2)CC1. The number of hydrogen-bond acceptors (Lipinski definition) is 3. The summed E-state index contributed by atoms with van der Waals surface area (Å²) in [5.74, 6) is -0.215.